The summed E-state index contributed by atoms with van der Waals surface area (Å²) in [6.45, 7) is 0.0284. The molecule has 232 valence electrons. The lowest BCUT2D eigenvalue weighted by Gasteiger charge is -2.14. The summed E-state index contributed by atoms with van der Waals surface area (Å²) in [6.07, 6.45) is 0. The molecular weight excluding hydrogens is 663 g/mol. The van der Waals surface area contributed by atoms with E-state index in [1.165, 1.54) is 12.1 Å². The van der Waals surface area contributed by atoms with Gasteiger partial charge in [-0.1, -0.05) is 5.04 Å². The highest BCUT2D eigenvalue weighted by Gasteiger charge is 2.39. The van der Waals surface area contributed by atoms with Gasteiger partial charge in [0, 0.05) is 18.0 Å². The third-order valence-corrected chi connectivity index (χ3v) is 9.08. The van der Waals surface area contributed by atoms with Crippen LogP contribution in [0, 0.1) is 0 Å². The first kappa shape index (κ1) is 32.2. The van der Waals surface area contributed by atoms with Crippen LogP contribution in [0.2, 0.25) is 0 Å². The molecule has 0 aliphatic carbocycles. The van der Waals surface area contributed by atoms with Crippen molar-refractivity contribution >= 4 is 77.5 Å². The van der Waals surface area contributed by atoms with E-state index < -0.39 is 57.7 Å². The fraction of sp³-hybridized carbons (Fsp3) is 0.158. The van der Waals surface area contributed by atoms with Gasteiger partial charge in [0.1, 0.15) is 10.8 Å². The van der Waals surface area contributed by atoms with E-state index in [1.54, 1.807) is 0 Å². The fourth-order valence-electron chi connectivity index (χ4n) is 3.37. The van der Waals surface area contributed by atoms with E-state index in [1.807, 2.05) is 0 Å². The molecule has 1 aliphatic rings. The lowest BCUT2D eigenvalue weighted by molar-refractivity contribution is -0.432. The van der Waals surface area contributed by atoms with E-state index in [-0.39, 0.29) is 47.0 Å². The quantitative estimate of drug-likeness (QED) is 0.0410. The molecule has 4 rings (SSSR count). The molecule has 0 spiro atoms. The number of hydrogen-bond acceptors (Lipinski definition) is 17. The minimum atomic E-state index is -4.94. The van der Waals surface area contributed by atoms with Crippen molar-refractivity contribution in [1.29, 1.82) is 0 Å². The first-order valence-electron chi connectivity index (χ1n) is 11.2. The molecule has 2 aromatic carbocycles. The average Bonchev–Trinajstić information content (AvgIpc) is 3.52. The Morgan fingerprint density at radius 1 is 0.953 bits per heavy atom. The van der Waals surface area contributed by atoms with Crippen molar-refractivity contribution in [2.24, 2.45) is 0 Å². The molecule has 3 aromatic rings. The van der Waals surface area contributed by atoms with E-state index in [4.69, 9.17) is 5.26 Å². The molecule has 1 atom stereocenters. The van der Waals surface area contributed by atoms with Gasteiger partial charge in [0.25, 0.3) is 20.2 Å². The van der Waals surface area contributed by atoms with Gasteiger partial charge in [-0.3, -0.25) is 9.11 Å². The van der Waals surface area contributed by atoms with Crippen molar-refractivity contribution in [2.45, 2.75) is 14.7 Å². The number of carboxylic acids is 1. The topological polar surface area (TPSA) is 297 Å². The summed E-state index contributed by atoms with van der Waals surface area (Å²) >= 11 is 0.494. The Balaban J connectivity index is 1.72. The van der Waals surface area contributed by atoms with E-state index >= 15 is 0 Å². The van der Waals surface area contributed by atoms with Crippen molar-refractivity contribution in [2.75, 3.05) is 34.9 Å². The molecule has 0 amide bonds. The molecule has 0 bridgehead atoms. The molecule has 43 heavy (non-hydrogen) atoms. The number of nitrogens with zero attached hydrogens (tertiary/aromatic N) is 4. The van der Waals surface area contributed by atoms with Gasteiger partial charge in [0.15, 0.2) is 0 Å². The van der Waals surface area contributed by atoms with Crippen LogP contribution in [-0.4, -0.2) is 88.9 Å². The van der Waals surface area contributed by atoms with Gasteiger partial charge >= 0.3 is 5.97 Å². The fourth-order valence-corrected chi connectivity index (χ4v) is 5.98. The Bertz CT molecular complexity index is 1890. The summed E-state index contributed by atoms with van der Waals surface area (Å²) in [7, 11) is -13.1. The largest absolute Gasteiger partial charge is 0.478 e. The molecule has 1 unspecified atom stereocenters. The number of nitrogens with one attached hydrogen (secondary N) is 3. The maximum absolute atomic E-state index is 11.9. The van der Waals surface area contributed by atoms with Crippen LogP contribution in [0.15, 0.2) is 51.1 Å². The van der Waals surface area contributed by atoms with Gasteiger partial charge < -0.3 is 21.1 Å². The number of sulfonamides is 1. The smallest absolute Gasteiger partial charge is 0.337 e. The minimum Gasteiger partial charge on any atom is -0.478 e. The van der Waals surface area contributed by atoms with Gasteiger partial charge in [-0.25, -0.2) is 18.5 Å². The predicted octanol–water partition coefficient (Wildman–Crippen LogP) is 0.994. The summed E-state index contributed by atoms with van der Waals surface area (Å²) in [5.41, 5.74) is -0.959. The zero-order valence-corrected chi connectivity index (χ0v) is 24.2. The minimum absolute atomic E-state index is 0.00411. The zero-order valence-electron chi connectivity index (χ0n) is 21.0. The lowest BCUT2D eigenvalue weighted by atomic mass is 10.2. The van der Waals surface area contributed by atoms with E-state index in [0.717, 1.165) is 16.4 Å². The number of aromatic nitrogens is 3. The van der Waals surface area contributed by atoms with Crippen molar-refractivity contribution in [3.05, 3.63) is 42.0 Å². The zero-order chi connectivity index (χ0) is 31.6. The van der Waals surface area contributed by atoms with Gasteiger partial charge in [0.05, 0.1) is 33.9 Å². The van der Waals surface area contributed by atoms with Crippen LogP contribution < -0.4 is 16.0 Å². The van der Waals surface area contributed by atoms with Gasteiger partial charge in [-0.15, -0.1) is 4.33 Å². The molecule has 24 heteroatoms. The van der Waals surface area contributed by atoms with Crippen molar-refractivity contribution < 1.29 is 58.9 Å². The summed E-state index contributed by atoms with van der Waals surface area (Å²) in [5.74, 6) is -2.57. The number of hydrogen-bond donors (Lipinski definition) is 7. The van der Waals surface area contributed by atoms with Gasteiger partial charge in [-0.05, 0) is 36.4 Å². The Hall–Kier alpha value is -3.72. The number of rotatable bonds is 14. The normalized spacial score (nSPS) is 15.9. The summed E-state index contributed by atoms with van der Waals surface area (Å²) in [4.78, 5) is 22.7. The maximum atomic E-state index is 11.9. The van der Waals surface area contributed by atoms with Crippen LogP contribution >= 0.6 is 12.0 Å². The maximum Gasteiger partial charge on any atom is 0.337 e. The van der Waals surface area contributed by atoms with Crippen LogP contribution in [0.4, 0.5) is 29.2 Å². The summed E-state index contributed by atoms with van der Waals surface area (Å²) in [5, 5.41) is 29.3. The highest BCUT2D eigenvalue weighted by atomic mass is 32.2. The predicted molar refractivity (Wildman–Crippen MR) is 146 cm³/mol. The van der Waals surface area contributed by atoms with Crippen LogP contribution in [0.3, 0.4) is 0 Å². The summed E-state index contributed by atoms with van der Waals surface area (Å²) < 4.78 is 94.4. The Morgan fingerprint density at radius 3 is 2.14 bits per heavy atom. The second-order valence-corrected chi connectivity index (χ2v) is 13.8. The molecule has 20 nitrogen and oxygen atoms in total. The Kier molecular flexibility index (Phi) is 9.35. The molecule has 1 aromatic heterocycles. The van der Waals surface area contributed by atoms with E-state index in [9.17, 15) is 44.3 Å². The number of aromatic carboxylic acids is 1. The first-order valence-corrected chi connectivity index (χ1v) is 16.4. The average molecular weight is 682 g/mol. The Labute approximate surface area is 246 Å². The molecule has 7 N–H and O–H groups in total. The summed E-state index contributed by atoms with van der Waals surface area (Å²) in [6, 6.07) is 5.93. The number of carboxylic acid groups (broad SMARTS) is 1. The second kappa shape index (κ2) is 12.5. The van der Waals surface area contributed by atoms with Crippen molar-refractivity contribution in [3.8, 4) is 0 Å². The van der Waals surface area contributed by atoms with Gasteiger partial charge in [0.2, 0.25) is 27.9 Å². The van der Waals surface area contributed by atoms with Gasteiger partial charge in [-0.2, -0.15) is 36.1 Å². The number of benzene rings is 2. The van der Waals surface area contributed by atoms with Crippen molar-refractivity contribution in [1.82, 2.24) is 19.3 Å². The lowest BCUT2D eigenvalue weighted by Crippen LogP contribution is -2.17. The van der Waals surface area contributed by atoms with E-state index in [0.29, 0.717) is 24.2 Å². The van der Waals surface area contributed by atoms with E-state index in [2.05, 4.69) is 40.3 Å². The Morgan fingerprint density at radius 2 is 1.58 bits per heavy atom. The highest BCUT2D eigenvalue weighted by molar-refractivity contribution is 7.95. The van der Waals surface area contributed by atoms with Crippen LogP contribution in [0.25, 0.3) is 0 Å². The third-order valence-electron chi connectivity index (χ3n) is 5.31. The molecule has 2 heterocycles. The number of anilines is 5. The van der Waals surface area contributed by atoms with Crippen molar-refractivity contribution in [3.63, 3.8) is 0 Å². The van der Waals surface area contributed by atoms with Crippen LogP contribution in [0.1, 0.15) is 10.4 Å². The van der Waals surface area contributed by atoms with Crippen LogP contribution in [0.5, 0.6) is 0 Å². The highest BCUT2D eigenvalue weighted by Crippen LogP contribution is 2.30. The monoisotopic (exact) mass is 681 g/mol. The molecule has 0 radical (unpaired) electrons. The molecule has 1 saturated heterocycles. The first-order chi connectivity index (χ1) is 20.1. The second-order valence-electron chi connectivity index (χ2n) is 8.25. The molecule has 1 aliphatic heterocycles. The number of carbonyl (C=O) groups is 1. The molecule has 1 fully saturated rings. The third kappa shape index (κ3) is 8.44. The molecule has 0 saturated carbocycles. The standard InChI is InChI=1S/C19H19N7O13S4/c27-16(28)12-7-10(40-39-38-29)1-3-13(12)21-18-23-17(20-5-6-26-9-41(26,30)31)24-19(25-18)22-14-8-11(42(32,33)34)2-4-15(14)43(35,36)37/h1-4,7-8,29H,5-6,9H2,(H,27,28)(H,32,33,34)(H,35,36,37)(H3,20,21,22,23,24,25). The SMILES string of the molecule is O=C(O)c1cc(SOOO)ccc1Nc1nc(NCCN2CS2(=O)=O)nc(Nc2cc(S(=O)(=O)O)ccc2S(=O)(=O)O)n1. The van der Waals surface area contributed by atoms with Crippen LogP contribution in [-0.2, 0) is 39.6 Å². The molecular formula is C19H19N7O13S4.